The molecule has 10 heteroatoms. The largest absolute Gasteiger partial charge is 0.574 e. The van der Waals surface area contributed by atoms with Gasteiger partial charge in [0.25, 0.3) is 0 Å². The molecule has 1 rings (SSSR count). The number of halogens is 6. The first-order valence-electron chi connectivity index (χ1n) is 4.47. The average Bonchev–Trinajstić information content (AvgIpc) is 2.19. The highest BCUT2D eigenvalue weighted by Crippen LogP contribution is 2.41. The van der Waals surface area contributed by atoms with E-state index >= 15 is 0 Å². The molecular weight excluding hydrogens is 282 g/mol. The van der Waals surface area contributed by atoms with Gasteiger partial charge in [-0.1, -0.05) is 0 Å². The first-order valence-corrected chi connectivity index (χ1v) is 4.47. The normalized spacial score (nSPS) is 12.1. The van der Waals surface area contributed by atoms with E-state index in [4.69, 9.17) is 10.4 Å². The fraction of sp³-hybridized carbons (Fsp3) is 0.333. The van der Waals surface area contributed by atoms with Crippen LogP contribution in [0.25, 0.3) is 0 Å². The molecule has 0 unspecified atom stereocenters. The number of aromatic hydroxyl groups is 1. The predicted molar refractivity (Wildman–Crippen MR) is 46.9 cm³/mol. The number of nitriles is 1. The van der Waals surface area contributed by atoms with Gasteiger partial charge in [-0.15, -0.1) is 13.2 Å². The highest BCUT2D eigenvalue weighted by molar-refractivity contribution is 5.46. The lowest BCUT2D eigenvalue weighted by Gasteiger charge is -2.16. The minimum Gasteiger partial charge on any atom is -0.506 e. The minimum atomic E-state index is -5.27. The quantitative estimate of drug-likeness (QED) is 0.849. The van der Waals surface area contributed by atoms with Crippen LogP contribution < -0.4 is 4.74 Å². The third-order valence-electron chi connectivity index (χ3n) is 1.87. The van der Waals surface area contributed by atoms with Crippen LogP contribution >= 0.6 is 0 Å². The average molecular weight is 286 g/mol. The number of nitrogens with zero attached hydrogens (tertiary/aromatic N) is 2. The van der Waals surface area contributed by atoms with Crippen molar-refractivity contribution in [1.82, 2.24) is 4.98 Å². The number of rotatable bonds is 2. The molecule has 0 atom stereocenters. The molecule has 0 radical (unpaired) electrons. The van der Waals surface area contributed by atoms with Crippen LogP contribution in [0.5, 0.6) is 11.6 Å². The Morgan fingerprint density at radius 1 is 1.26 bits per heavy atom. The lowest BCUT2D eigenvalue weighted by atomic mass is 10.1. The van der Waals surface area contributed by atoms with Crippen molar-refractivity contribution in [2.24, 2.45) is 0 Å². The maximum atomic E-state index is 12.6. The summed E-state index contributed by atoms with van der Waals surface area (Å²) < 4.78 is 77.1. The molecule has 0 saturated carbocycles. The van der Waals surface area contributed by atoms with Crippen LogP contribution in [0.15, 0.2) is 6.20 Å². The van der Waals surface area contributed by atoms with E-state index in [-0.39, 0.29) is 6.20 Å². The Morgan fingerprint density at radius 2 is 1.84 bits per heavy atom. The molecule has 0 aliphatic heterocycles. The van der Waals surface area contributed by atoms with Crippen molar-refractivity contribution in [3.63, 3.8) is 0 Å². The lowest BCUT2D eigenvalue weighted by Crippen LogP contribution is -2.21. The summed E-state index contributed by atoms with van der Waals surface area (Å²) in [6.07, 6.45) is -11.3. The summed E-state index contributed by atoms with van der Waals surface area (Å²) in [5.74, 6) is -2.80. The molecule has 0 saturated heterocycles. The number of aromatic nitrogens is 1. The Morgan fingerprint density at radius 3 is 2.26 bits per heavy atom. The zero-order valence-electron chi connectivity index (χ0n) is 8.80. The first kappa shape index (κ1) is 14.9. The van der Waals surface area contributed by atoms with Crippen LogP contribution in [0.2, 0.25) is 0 Å². The van der Waals surface area contributed by atoms with Gasteiger partial charge >= 0.3 is 12.5 Å². The van der Waals surface area contributed by atoms with Crippen LogP contribution in [0.1, 0.15) is 11.1 Å². The van der Waals surface area contributed by atoms with Crippen molar-refractivity contribution in [2.45, 2.75) is 19.0 Å². The maximum absolute atomic E-state index is 12.6. The molecule has 1 heterocycles. The molecule has 19 heavy (non-hydrogen) atoms. The van der Waals surface area contributed by atoms with Crippen LogP contribution in [0.3, 0.4) is 0 Å². The molecule has 1 aromatic rings. The van der Waals surface area contributed by atoms with Gasteiger partial charge in [-0.05, 0) is 0 Å². The molecule has 0 aromatic carbocycles. The van der Waals surface area contributed by atoms with Crippen molar-refractivity contribution < 1.29 is 36.2 Å². The second-order valence-corrected chi connectivity index (χ2v) is 3.18. The molecule has 4 nitrogen and oxygen atoms in total. The Balaban J connectivity index is 3.46. The van der Waals surface area contributed by atoms with Crippen molar-refractivity contribution >= 4 is 0 Å². The first-order chi connectivity index (χ1) is 8.56. The van der Waals surface area contributed by atoms with Gasteiger partial charge in [-0.25, -0.2) is 4.98 Å². The SMILES string of the molecule is N#CCc1c(OC(F)(F)F)ncc(O)c1C(F)(F)F. The molecule has 0 fully saturated rings. The number of hydrogen-bond donors (Lipinski definition) is 1. The van der Waals surface area contributed by atoms with Gasteiger partial charge in [0.05, 0.1) is 18.7 Å². The molecule has 1 aromatic heterocycles. The van der Waals surface area contributed by atoms with Gasteiger partial charge < -0.3 is 9.84 Å². The summed E-state index contributed by atoms with van der Waals surface area (Å²) in [5.41, 5.74) is -2.95. The molecule has 0 spiro atoms. The maximum Gasteiger partial charge on any atom is 0.574 e. The van der Waals surface area contributed by atoms with Crippen molar-refractivity contribution in [3.8, 4) is 17.7 Å². The molecular formula is C9H4F6N2O2. The van der Waals surface area contributed by atoms with Gasteiger partial charge in [0, 0.05) is 5.56 Å². The Kier molecular flexibility index (Phi) is 3.78. The van der Waals surface area contributed by atoms with Crippen molar-refractivity contribution in [2.75, 3.05) is 0 Å². The molecule has 0 amide bonds. The number of ether oxygens (including phenoxy) is 1. The Bertz CT molecular complexity index is 517. The summed E-state index contributed by atoms with van der Waals surface area (Å²) >= 11 is 0. The topological polar surface area (TPSA) is 66.1 Å². The molecule has 1 N–H and O–H groups in total. The number of hydrogen-bond acceptors (Lipinski definition) is 4. The fourth-order valence-corrected chi connectivity index (χ4v) is 1.28. The highest BCUT2D eigenvalue weighted by Gasteiger charge is 2.41. The third kappa shape index (κ3) is 3.64. The smallest absolute Gasteiger partial charge is 0.506 e. The van der Waals surface area contributed by atoms with Gasteiger partial charge in [-0.2, -0.15) is 18.4 Å². The summed E-state index contributed by atoms with van der Waals surface area (Å²) in [6, 6.07) is 1.25. The summed E-state index contributed by atoms with van der Waals surface area (Å²) in [6.45, 7) is 0. The lowest BCUT2D eigenvalue weighted by molar-refractivity contribution is -0.276. The van der Waals surface area contributed by atoms with E-state index < -0.39 is 41.7 Å². The van der Waals surface area contributed by atoms with Gasteiger partial charge in [0.15, 0.2) is 0 Å². The van der Waals surface area contributed by atoms with Crippen LogP contribution in [0.4, 0.5) is 26.3 Å². The summed E-state index contributed by atoms with van der Waals surface area (Å²) in [4.78, 5) is 2.91. The van der Waals surface area contributed by atoms with Gasteiger partial charge in [-0.3, -0.25) is 0 Å². The molecule has 0 bridgehead atoms. The Labute approximate surface area is 101 Å². The van der Waals surface area contributed by atoms with E-state index in [0.717, 1.165) is 0 Å². The van der Waals surface area contributed by atoms with Crippen LogP contribution in [0, 0.1) is 11.3 Å². The highest BCUT2D eigenvalue weighted by atomic mass is 19.4. The van der Waals surface area contributed by atoms with Crippen LogP contribution in [-0.2, 0) is 12.6 Å². The van der Waals surface area contributed by atoms with Crippen LogP contribution in [-0.4, -0.2) is 16.5 Å². The van der Waals surface area contributed by atoms with E-state index in [1.165, 1.54) is 6.07 Å². The fourth-order valence-electron chi connectivity index (χ4n) is 1.28. The summed E-state index contributed by atoms with van der Waals surface area (Å²) in [5, 5.41) is 17.4. The standard InChI is InChI=1S/C9H4F6N2O2/c10-8(11,12)6-4(1-2-16)7(17-3-5(6)18)19-9(13,14)15/h3,18H,1H2. The van der Waals surface area contributed by atoms with Gasteiger partial charge in [0.2, 0.25) is 5.88 Å². The van der Waals surface area contributed by atoms with Crippen molar-refractivity contribution in [3.05, 3.63) is 17.3 Å². The van der Waals surface area contributed by atoms with E-state index in [2.05, 4.69) is 9.72 Å². The second-order valence-electron chi connectivity index (χ2n) is 3.18. The molecule has 0 aliphatic rings. The van der Waals surface area contributed by atoms with E-state index in [0.29, 0.717) is 0 Å². The zero-order valence-corrected chi connectivity index (χ0v) is 8.80. The minimum absolute atomic E-state index is 0.171. The zero-order chi connectivity index (χ0) is 14.8. The van der Waals surface area contributed by atoms with Crippen molar-refractivity contribution in [1.29, 1.82) is 5.26 Å². The van der Waals surface area contributed by atoms with Gasteiger partial charge in [0.1, 0.15) is 11.3 Å². The monoisotopic (exact) mass is 286 g/mol. The molecule has 0 aliphatic carbocycles. The van der Waals surface area contributed by atoms with E-state index in [1.54, 1.807) is 0 Å². The second kappa shape index (κ2) is 4.83. The molecule has 104 valence electrons. The number of pyridine rings is 1. The summed E-state index contributed by atoms with van der Waals surface area (Å²) in [7, 11) is 0. The third-order valence-corrected chi connectivity index (χ3v) is 1.87. The predicted octanol–water partition coefficient (Wildman–Crippen LogP) is 2.77. The Hall–Kier alpha value is -2.18. The van der Waals surface area contributed by atoms with E-state index in [1.807, 2.05) is 0 Å². The van der Waals surface area contributed by atoms with E-state index in [9.17, 15) is 26.3 Å². The number of alkyl halides is 6.